The number of aromatic nitrogens is 1. The number of nitrogens with zero attached hydrogens (tertiary/aromatic N) is 1. The molecular formula is C20H18N2O4. The molecule has 132 valence electrons. The SMILES string of the molecule is COc1ccc(-c2ccc3c(n2)C(O)C2=C(CCCC2=O)NC3=O)cc1. The van der Waals surface area contributed by atoms with Gasteiger partial charge in [-0.25, -0.2) is 4.98 Å². The van der Waals surface area contributed by atoms with E-state index in [-0.39, 0.29) is 28.5 Å². The van der Waals surface area contributed by atoms with Crippen LogP contribution in [0.2, 0.25) is 0 Å². The molecule has 1 aliphatic heterocycles. The van der Waals surface area contributed by atoms with Gasteiger partial charge in [-0.15, -0.1) is 0 Å². The van der Waals surface area contributed by atoms with Crippen LogP contribution in [-0.4, -0.2) is 28.9 Å². The topological polar surface area (TPSA) is 88.5 Å². The molecule has 2 aliphatic rings. The number of hydrogen-bond donors (Lipinski definition) is 2. The molecule has 1 unspecified atom stereocenters. The maximum Gasteiger partial charge on any atom is 0.257 e. The van der Waals surface area contributed by atoms with E-state index in [0.29, 0.717) is 30.7 Å². The molecule has 1 aromatic heterocycles. The smallest absolute Gasteiger partial charge is 0.257 e. The minimum Gasteiger partial charge on any atom is -0.497 e. The van der Waals surface area contributed by atoms with E-state index in [1.54, 1.807) is 19.2 Å². The number of pyridine rings is 1. The largest absolute Gasteiger partial charge is 0.497 e. The van der Waals surface area contributed by atoms with Gasteiger partial charge in [0.25, 0.3) is 5.91 Å². The minimum absolute atomic E-state index is 0.136. The van der Waals surface area contributed by atoms with E-state index < -0.39 is 6.10 Å². The monoisotopic (exact) mass is 350 g/mol. The third-order valence-electron chi connectivity index (χ3n) is 4.81. The van der Waals surface area contributed by atoms with Crippen LogP contribution in [0.4, 0.5) is 0 Å². The zero-order valence-corrected chi connectivity index (χ0v) is 14.3. The fourth-order valence-electron chi connectivity index (χ4n) is 3.45. The molecule has 1 aromatic carbocycles. The molecular weight excluding hydrogens is 332 g/mol. The molecule has 2 N–H and O–H groups in total. The molecule has 2 heterocycles. The average molecular weight is 350 g/mol. The van der Waals surface area contributed by atoms with Crippen LogP contribution in [0.1, 0.15) is 41.4 Å². The average Bonchev–Trinajstić information content (AvgIpc) is 2.77. The molecule has 1 amide bonds. The molecule has 6 nitrogen and oxygen atoms in total. The van der Waals surface area contributed by atoms with Gasteiger partial charge in [0.1, 0.15) is 11.9 Å². The fraction of sp³-hybridized carbons (Fsp3) is 0.250. The molecule has 1 atom stereocenters. The van der Waals surface area contributed by atoms with Crippen LogP contribution in [0.5, 0.6) is 5.75 Å². The van der Waals surface area contributed by atoms with Crippen molar-refractivity contribution < 1.29 is 19.4 Å². The normalized spacial score (nSPS) is 19.4. The number of allylic oxidation sites excluding steroid dienone is 1. The number of rotatable bonds is 2. The number of ether oxygens (including phenoxy) is 1. The van der Waals surface area contributed by atoms with Crippen molar-refractivity contribution in [1.29, 1.82) is 0 Å². The Morgan fingerprint density at radius 2 is 1.88 bits per heavy atom. The molecule has 0 bridgehead atoms. The predicted molar refractivity (Wildman–Crippen MR) is 94.5 cm³/mol. The lowest BCUT2D eigenvalue weighted by atomic mass is 9.90. The van der Waals surface area contributed by atoms with Gasteiger partial charge in [0, 0.05) is 23.3 Å². The number of Topliss-reactive ketones (excluding diaryl/α,β-unsaturated/α-hetero) is 1. The molecule has 1 aliphatic carbocycles. The highest BCUT2D eigenvalue weighted by Crippen LogP contribution is 2.35. The van der Waals surface area contributed by atoms with Crippen LogP contribution in [0.3, 0.4) is 0 Å². The standard InChI is InChI=1S/C20H18N2O4/c1-26-12-7-5-11(6-8-12)14-10-9-13-18(21-14)19(24)17-15(22-20(13)25)3-2-4-16(17)23/h5-10,19,24H,2-4H2,1H3,(H,22,25). The number of fused-ring (bicyclic) bond motifs is 1. The summed E-state index contributed by atoms with van der Waals surface area (Å²) in [5, 5.41) is 13.6. The van der Waals surface area contributed by atoms with Crippen molar-refractivity contribution in [2.45, 2.75) is 25.4 Å². The van der Waals surface area contributed by atoms with Crippen molar-refractivity contribution in [2.75, 3.05) is 7.11 Å². The number of carbonyl (C=O) groups is 2. The second-order valence-electron chi connectivity index (χ2n) is 6.38. The Hall–Kier alpha value is -2.99. The highest BCUT2D eigenvalue weighted by molar-refractivity contribution is 6.03. The summed E-state index contributed by atoms with van der Waals surface area (Å²) in [5.41, 5.74) is 2.73. The number of methoxy groups -OCH3 is 1. The van der Waals surface area contributed by atoms with E-state index >= 15 is 0 Å². The zero-order valence-electron chi connectivity index (χ0n) is 14.3. The second kappa shape index (κ2) is 6.38. The summed E-state index contributed by atoms with van der Waals surface area (Å²) in [6, 6.07) is 10.7. The van der Waals surface area contributed by atoms with Crippen LogP contribution in [0.25, 0.3) is 11.3 Å². The third kappa shape index (κ3) is 2.68. The maximum absolute atomic E-state index is 12.5. The Balaban J connectivity index is 1.81. The summed E-state index contributed by atoms with van der Waals surface area (Å²) in [6.45, 7) is 0. The van der Waals surface area contributed by atoms with Gasteiger partial charge in [0.2, 0.25) is 0 Å². The van der Waals surface area contributed by atoms with Crippen LogP contribution in [-0.2, 0) is 4.79 Å². The second-order valence-corrected chi connectivity index (χ2v) is 6.38. The number of aliphatic hydroxyl groups is 1. The van der Waals surface area contributed by atoms with E-state index in [4.69, 9.17) is 4.74 Å². The van der Waals surface area contributed by atoms with Crippen LogP contribution in [0, 0.1) is 0 Å². The van der Waals surface area contributed by atoms with E-state index in [1.807, 2.05) is 24.3 Å². The van der Waals surface area contributed by atoms with Crippen LogP contribution >= 0.6 is 0 Å². The van der Waals surface area contributed by atoms with Crippen molar-refractivity contribution in [2.24, 2.45) is 0 Å². The van der Waals surface area contributed by atoms with Crippen molar-refractivity contribution in [3.8, 4) is 17.0 Å². The van der Waals surface area contributed by atoms with E-state index in [1.165, 1.54) is 0 Å². The Morgan fingerprint density at radius 1 is 1.12 bits per heavy atom. The quantitative estimate of drug-likeness (QED) is 0.869. The first-order valence-corrected chi connectivity index (χ1v) is 8.49. The lowest BCUT2D eigenvalue weighted by Crippen LogP contribution is -2.26. The molecule has 6 heteroatoms. The van der Waals surface area contributed by atoms with Crippen molar-refractivity contribution in [3.05, 3.63) is 58.9 Å². The zero-order chi connectivity index (χ0) is 18.3. The van der Waals surface area contributed by atoms with Crippen molar-refractivity contribution in [3.63, 3.8) is 0 Å². The van der Waals surface area contributed by atoms with E-state index in [0.717, 1.165) is 11.3 Å². The van der Waals surface area contributed by atoms with Gasteiger partial charge >= 0.3 is 0 Å². The summed E-state index contributed by atoms with van der Waals surface area (Å²) in [5.74, 6) is 0.251. The number of benzene rings is 1. The molecule has 2 aromatic rings. The van der Waals surface area contributed by atoms with Gasteiger partial charge in [-0.1, -0.05) is 0 Å². The molecule has 0 spiro atoms. The van der Waals surface area contributed by atoms with Crippen molar-refractivity contribution in [1.82, 2.24) is 10.3 Å². The molecule has 0 radical (unpaired) electrons. The summed E-state index contributed by atoms with van der Waals surface area (Å²) >= 11 is 0. The first kappa shape index (κ1) is 16.5. The number of carbonyl (C=O) groups excluding carboxylic acids is 2. The molecule has 0 fully saturated rings. The number of hydrogen-bond acceptors (Lipinski definition) is 5. The highest BCUT2D eigenvalue weighted by atomic mass is 16.5. The number of ketones is 1. The molecule has 4 rings (SSSR count). The summed E-state index contributed by atoms with van der Waals surface area (Å²) in [6.07, 6.45) is 0.415. The Kier molecular flexibility index (Phi) is 4.05. The number of nitrogens with one attached hydrogen (secondary N) is 1. The maximum atomic E-state index is 12.5. The molecule has 0 saturated heterocycles. The van der Waals surface area contributed by atoms with E-state index in [9.17, 15) is 14.7 Å². The van der Waals surface area contributed by atoms with Crippen molar-refractivity contribution >= 4 is 11.7 Å². The number of amides is 1. The summed E-state index contributed by atoms with van der Waals surface area (Å²) in [7, 11) is 1.59. The van der Waals surface area contributed by atoms with Gasteiger partial charge in [0.05, 0.1) is 24.1 Å². The third-order valence-corrected chi connectivity index (χ3v) is 4.81. The van der Waals surface area contributed by atoms with Gasteiger partial charge in [0.15, 0.2) is 5.78 Å². The number of aliphatic hydroxyl groups excluding tert-OH is 1. The van der Waals surface area contributed by atoms with Gasteiger partial charge in [-0.2, -0.15) is 0 Å². The van der Waals surface area contributed by atoms with Gasteiger partial charge in [-0.3, -0.25) is 9.59 Å². The lowest BCUT2D eigenvalue weighted by Gasteiger charge is -2.20. The summed E-state index contributed by atoms with van der Waals surface area (Å²) < 4.78 is 5.16. The van der Waals surface area contributed by atoms with Gasteiger partial charge < -0.3 is 15.2 Å². The molecule has 0 saturated carbocycles. The van der Waals surface area contributed by atoms with E-state index in [2.05, 4.69) is 10.3 Å². The Labute approximate surface area is 150 Å². The van der Waals surface area contributed by atoms with Crippen LogP contribution < -0.4 is 10.1 Å². The summed E-state index contributed by atoms with van der Waals surface area (Å²) in [4.78, 5) is 29.4. The fourth-order valence-corrected chi connectivity index (χ4v) is 3.45. The highest BCUT2D eigenvalue weighted by Gasteiger charge is 2.35. The first-order valence-electron chi connectivity index (χ1n) is 8.49. The minimum atomic E-state index is -1.20. The predicted octanol–water partition coefficient (Wildman–Crippen LogP) is 2.54. The van der Waals surface area contributed by atoms with Crippen LogP contribution in [0.15, 0.2) is 47.7 Å². The Morgan fingerprint density at radius 3 is 2.62 bits per heavy atom. The Bertz CT molecular complexity index is 931. The van der Waals surface area contributed by atoms with Gasteiger partial charge in [-0.05, 0) is 49.2 Å². The molecule has 26 heavy (non-hydrogen) atoms. The lowest BCUT2D eigenvalue weighted by molar-refractivity contribution is -0.117. The first-order chi connectivity index (χ1) is 12.6.